The second-order valence-electron chi connectivity index (χ2n) is 7.59. The zero-order valence-electron chi connectivity index (χ0n) is 15.9. The number of para-hydroxylation sites is 1. The number of piperidine rings is 1. The molecule has 0 atom stereocenters. The molecule has 0 saturated carbocycles. The Balaban J connectivity index is 1.43. The van der Waals surface area contributed by atoms with E-state index in [2.05, 4.69) is 6.08 Å². The highest BCUT2D eigenvalue weighted by Crippen LogP contribution is 2.32. The third kappa shape index (κ3) is 4.00. The summed E-state index contributed by atoms with van der Waals surface area (Å²) in [5.41, 5.74) is 2.85. The van der Waals surface area contributed by atoms with Gasteiger partial charge < -0.3 is 4.74 Å². The van der Waals surface area contributed by atoms with Crippen LogP contribution in [0.1, 0.15) is 37.7 Å². The summed E-state index contributed by atoms with van der Waals surface area (Å²) in [6, 6.07) is 7.70. The number of allylic oxidation sites excluding steroid dienone is 3. The van der Waals surface area contributed by atoms with Crippen LogP contribution < -0.4 is 4.90 Å². The van der Waals surface area contributed by atoms with Gasteiger partial charge >= 0.3 is 6.09 Å². The van der Waals surface area contributed by atoms with E-state index in [1.54, 1.807) is 9.21 Å². The Bertz CT molecular complexity index is 899. The maximum atomic E-state index is 12.9. The number of carbonyl (C=O) groups excluding carboxylic acids is 1. The molecule has 28 heavy (non-hydrogen) atoms. The van der Waals surface area contributed by atoms with Gasteiger partial charge in [0.1, 0.15) is 6.61 Å². The molecule has 0 radical (unpaired) electrons. The highest BCUT2D eigenvalue weighted by molar-refractivity contribution is 7.89. The van der Waals surface area contributed by atoms with Crippen LogP contribution in [0.3, 0.4) is 0 Å². The van der Waals surface area contributed by atoms with Gasteiger partial charge in [0.15, 0.2) is 0 Å². The fraction of sp³-hybridized carbons (Fsp3) is 0.476. The van der Waals surface area contributed by atoms with Crippen LogP contribution in [0.5, 0.6) is 0 Å². The van der Waals surface area contributed by atoms with E-state index in [0.29, 0.717) is 32.5 Å². The average Bonchev–Trinajstić information content (AvgIpc) is 2.96. The van der Waals surface area contributed by atoms with Crippen molar-refractivity contribution in [1.29, 1.82) is 0 Å². The van der Waals surface area contributed by atoms with Gasteiger partial charge in [-0.3, -0.25) is 4.90 Å². The normalized spacial score (nSPS) is 21.6. The number of nitrogens with zero attached hydrogens (tertiary/aromatic N) is 2. The predicted molar refractivity (Wildman–Crippen MR) is 109 cm³/mol. The molecule has 1 aromatic carbocycles. The van der Waals surface area contributed by atoms with Gasteiger partial charge in [-0.25, -0.2) is 17.5 Å². The van der Waals surface area contributed by atoms with Crippen molar-refractivity contribution < 1.29 is 17.9 Å². The minimum atomic E-state index is -3.33. The Hall–Kier alpha value is -2.12. The molecule has 1 aromatic rings. The molecule has 2 heterocycles. The van der Waals surface area contributed by atoms with Crippen molar-refractivity contribution in [3.8, 4) is 0 Å². The first-order chi connectivity index (χ1) is 13.5. The van der Waals surface area contributed by atoms with Crippen molar-refractivity contribution in [3.05, 3.63) is 53.6 Å². The molecular weight excluding hydrogens is 376 g/mol. The Morgan fingerprint density at radius 2 is 1.93 bits per heavy atom. The van der Waals surface area contributed by atoms with E-state index in [4.69, 9.17) is 4.74 Å². The minimum absolute atomic E-state index is 0.0413. The summed E-state index contributed by atoms with van der Waals surface area (Å²) < 4.78 is 32.6. The Kier molecular flexibility index (Phi) is 5.55. The molecule has 4 rings (SSSR count). The number of carbonyl (C=O) groups is 1. The highest BCUT2D eigenvalue weighted by atomic mass is 32.2. The molecule has 1 aliphatic carbocycles. The molecular formula is C21H26N2O4S. The second-order valence-corrected chi connectivity index (χ2v) is 9.55. The fourth-order valence-corrected chi connectivity index (χ4v) is 5.83. The number of anilines is 1. The van der Waals surface area contributed by atoms with Crippen molar-refractivity contribution >= 4 is 21.8 Å². The lowest BCUT2D eigenvalue weighted by atomic mass is 10.0. The lowest BCUT2D eigenvalue weighted by molar-refractivity contribution is 0.136. The zero-order valence-corrected chi connectivity index (χ0v) is 16.7. The van der Waals surface area contributed by atoms with Crippen LogP contribution in [0.25, 0.3) is 0 Å². The zero-order chi connectivity index (χ0) is 19.6. The van der Waals surface area contributed by atoms with Crippen LogP contribution in [0.2, 0.25) is 0 Å². The summed E-state index contributed by atoms with van der Waals surface area (Å²) in [7, 11) is -3.33. The molecule has 7 heteroatoms. The van der Waals surface area contributed by atoms with Crippen LogP contribution in [-0.4, -0.2) is 43.7 Å². The smallest absolute Gasteiger partial charge is 0.414 e. The van der Waals surface area contributed by atoms with Crippen LogP contribution in [0.15, 0.2) is 48.1 Å². The minimum Gasteiger partial charge on any atom is -0.444 e. The summed E-state index contributed by atoms with van der Waals surface area (Å²) in [6.07, 6.45) is 9.70. The maximum absolute atomic E-state index is 12.9. The van der Waals surface area contributed by atoms with E-state index < -0.39 is 10.0 Å². The summed E-state index contributed by atoms with van der Waals surface area (Å²) in [5.74, 6) is 0.0938. The molecule has 0 aromatic heterocycles. The van der Waals surface area contributed by atoms with E-state index >= 15 is 0 Å². The van der Waals surface area contributed by atoms with Gasteiger partial charge in [-0.15, -0.1) is 0 Å². The largest absolute Gasteiger partial charge is 0.444 e. The number of ether oxygens (including phenoxy) is 1. The number of amides is 1. The molecule has 0 spiro atoms. The first-order valence-corrected chi connectivity index (χ1v) is 11.5. The Morgan fingerprint density at radius 3 is 2.75 bits per heavy atom. The molecule has 150 valence electrons. The first-order valence-electron chi connectivity index (χ1n) is 9.91. The Labute approximate surface area is 166 Å². The van der Waals surface area contributed by atoms with E-state index in [1.807, 2.05) is 36.4 Å². The van der Waals surface area contributed by atoms with Gasteiger partial charge in [-0.2, -0.15) is 0 Å². The first kappa shape index (κ1) is 19.2. The van der Waals surface area contributed by atoms with Crippen molar-refractivity contribution in [2.45, 2.75) is 44.8 Å². The van der Waals surface area contributed by atoms with Crippen molar-refractivity contribution in [3.63, 3.8) is 0 Å². The molecule has 1 fully saturated rings. The Morgan fingerprint density at radius 1 is 1.14 bits per heavy atom. The monoisotopic (exact) mass is 402 g/mol. The molecule has 2 aliphatic heterocycles. The molecule has 0 unspecified atom stereocenters. The molecule has 1 amide bonds. The SMILES string of the molecule is O=C1OCc2ccccc2N1C1CCN(S(=O)(=O)CC2=CC=CCCC2)CC1. The standard InChI is InChI=1S/C21H26N2O4S/c24-21-23(20-10-6-5-9-18(20)15-27-21)19-11-13-22(14-12-19)28(25,26)16-17-7-3-1-2-4-8-17/h1,3,5-7,9-10,19H,2,4,8,11-16H2. The highest BCUT2D eigenvalue weighted by Gasteiger charge is 2.36. The molecule has 6 nitrogen and oxygen atoms in total. The number of sulfonamides is 1. The average molecular weight is 403 g/mol. The van der Waals surface area contributed by atoms with Gasteiger partial charge in [0.25, 0.3) is 0 Å². The van der Waals surface area contributed by atoms with Gasteiger partial charge in [-0.05, 0) is 38.2 Å². The van der Waals surface area contributed by atoms with Gasteiger partial charge in [0.05, 0.1) is 11.4 Å². The van der Waals surface area contributed by atoms with Crippen LogP contribution in [-0.2, 0) is 21.4 Å². The van der Waals surface area contributed by atoms with Gasteiger partial charge in [0, 0.05) is 24.7 Å². The lowest BCUT2D eigenvalue weighted by Crippen LogP contribution is -2.50. The number of fused-ring (bicyclic) bond motifs is 1. The van der Waals surface area contributed by atoms with Crippen LogP contribution >= 0.6 is 0 Å². The number of hydrogen-bond acceptors (Lipinski definition) is 4. The number of rotatable bonds is 4. The number of hydrogen-bond donors (Lipinski definition) is 0. The second kappa shape index (κ2) is 8.09. The number of benzene rings is 1. The quantitative estimate of drug-likeness (QED) is 0.772. The van der Waals surface area contributed by atoms with Crippen molar-refractivity contribution in [2.24, 2.45) is 0 Å². The van der Waals surface area contributed by atoms with Crippen LogP contribution in [0.4, 0.5) is 10.5 Å². The summed E-state index contributed by atoms with van der Waals surface area (Å²) >= 11 is 0. The summed E-state index contributed by atoms with van der Waals surface area (Å²) in [5, 5.41) is 0. The van der Waals surface area contributed by atoms with Crippen molar-refractivity contribution in [2.75, 3.05) is 23.7 Å². The lowest BCUT2D eigenvalue weighted by Gasteiger charge is -2.39. The van der Waals surface area contributed by atoms with E-state index in [1.165, 1.54) is 0 Å². The van der Waals surface area contributed by atoms with E-state index in [0.717, 1.165) is 36.1 Å². The summed E-state index contributed by atoms with van der Waals surface area (Å²) in [6.45, 7) is 1.16. The topological polar surface area (TPSA) is 66.9 Å². The van der Waals surface area contributed by atoms with E-state index in [-0.39, 0.29) is 17.9 Å². The van der Waals surface area contributed by atoms with E-state index in [9.17, 15) is 13.2 Å². The van der Waals surface area contributed by atoms with Gasteiger partial charge in [0.2, 0.25) is 10.0 Å². The van der Waals surface area contributed by atoms with Crippen LogP contribution in [0, 0.1) is 0 Å². The predicted octanol–water partition coefficient (Wildman–Crippen LogP) is 3.60. The summed E-state index contributed by atoms with van der Waals surface area (Å²) in [4.78, 5) is 14.1. The third-order valence-corrected chi connectivity index (χ3v) is 7.57. The van der Waals surface area contributed by atoms with Gasteiger partial charge in [-0.1, -0.05) is 42.0 Å². The molecule has 0 bridgehead atoms. The third-order valence-electron chi connectivity index (χ3n) is 5.69. The fourth-order valence-electron chi connectivity index (χ4n) is 4.18. The number of cyclic esters (lactones) is 1. The maximum Gasteiger partial charge on any atom is 0.414 e. The molecule has 0 N–H and O–H groups in total. The molecule has 3 aliphatic rings. The van der Waals surface area contributed by atoms with Crippen molar-refractivity contribution in [1.82, 2.24) is 4.31 Å². The molecule has 1 saturated heterocycles.